The van der Waals surface area contributed by atoms with Crippen LogP contribution in [0, 0.1) is 11.7 Å². The van der Waals surface area contributed by atoms with Crippen LogP contribution in [0.15, 0.2) is 22.7 Å². The molecule has 1 atom stereocenters. The van der Waals surface area contributed by atoms with Crippen LogP contribution in [0.25, 0.3) is 0 Å². The number of hydrogen-bond donors (Lipinski definition) is 2. The molecule has 4 heteroatoms. The van der Waals surface area contributed by atoms with Gasteiger partial charge in [-0.2, -0.15) is 0 Å². The largest absolute Gasteiger partial charge is 0.395 e. The zero-order valence-electron chi connectivity index (χ0n) is 9.50. The highest BCUT2D eigenvalue weighted by Crippen LogP contribution is 2.18. The predicted molar refractivity (Wildman–Crippen MR) is 66.7 cm³/mol. The lowest BCUT2D eigenvalue weighted by Crippen LogP contribution is -2.36. The number of aliphatic hydroxyl groups is 1. The van der Waals surface area contributed by atoms with Gasteiger partial charge in [-0.05, 0) is 29.7 Å². The van der Waals surface area contributed by atoms with Crippen LogP contribution in [0.2, 0.25) is 0 Å². The fourth-order valence-corrected chi connectivity index (χ4v) is 1.82. The lowest BCUT2D eigenvalue weighted by molar-refractivity contribution is 0.210. The highest BCUT2D eigenvalue weighted by molar-refractivity contribution is 9.10. The van der Waals surface area contributed by atoms with E-state index in [2.05, 4.69) is 21.2 Å². The summed E-state index contributed by atoms with van der Waals surface area (Å²) in [4.78, 5) is 0. The van der Waals surface area contributed by atoms with Gasteiger partial charge in [0.2, 0.25) is 0 Å². The number of benzene rings is 1. The highest BCUT2D eigenvalue weighted by atomic mass is 79.9. The number of rotatable bonds is 5. The van der Waals surface area contributed by atoms with Crippen LogP contribution in [0.3, 0.4) is 0 Å². The third-order valence-corrected chi connectivity index (χ3v) is 3.34. The van der Waals surface area contributed by atoms with Crippen LogP contribution in [-0.4, -0.2) is 17.8 Å². The third-order valence-electron chi connectivity index (χ3n) is 2.56. The van der Waals surface area contributed by atoms with E-state index in [1.807, 2.05) is 13.8 Å². The van der Waals surface area contributed by atoms with E-state index < -0.39 is 0 Å². The van der Waals surface area contributed by atoms with E-state index in [1.165, 1.54) is 12.1 Å². The second kappa shape index (κ2) is 6.33. The lowest BCUT2D eigenvalue weighted by atomic mass is 10.1. The van der Waals surface area contributed by atoms with E-state index in [0.717, 1.165) is 10.0 Å². The van der Waals surface area contributed by atoms with Gasteiger partial charge in [0.25, 0.3) is 0 Å². The van der Waals surface area contributed by atoms with E-state index in [1.54, 1.807) is 6.07 Å². The molecule has 0 heterocycles. The molecule has 0 saturated carbocycles. The fraction of sp³-hybridized carbons (Fsp3) is 0.500. The zero-order valence-corrected chi connectivity index (χ0v) is 11.1. The molecule has 0 spiro atoms. The van der Waals surface area contributed by atoms with Crippen molar-refractivity contribution in [3.63, 3.8) is 0 Å². The van der Waals surface area contributed by atoms with Gasteiger partial charge in [-0.15, -0.1) is 0 Å². The van der Waals surface area contributed by atoms with Gasteiger partial charge in [0.1, 0.15) is 5.82 Å². The van der Waals surface area contributed by atoms with Crippen LogP contribution in [0.4, 0.5) is 4.39 Å². The van der Waals surface area contributed by atoms with Gasteiger partial charge in [0.15, 0.2) is 0 Å². The maximum Gasteiger partial charge on any atom is 0.123 e. The first-order chi connectivity index (χ1) is 7.54. The van der Waals surface area contributed by atoms with Gasteiger partial charge >= 0.3 is 0 Å². The van der Waals surface area contributed by atoms with E-state index in [9.17, 15) is 4.39 Å². The molecule has 0 aliphatic carbocycles. The summed E-state index contributed by atoms with van der Waals surface area (Å²) in [5, 5.41) is 12.4. The molecular formula is C12H17BrFNO. The molecule has 2 nitrogen and oxygen atoms in total. The van der Waals surface area contributed by atoms with Crippen LogP contribution in [0.5, 0.6) is 0 Å². The molecule has 0 amide bonds. The minimum atomic E-state index is -0.245. The topological polar surface area (TPSA) is 32.3 Å². The van der Waals surface area contributed by atoms with Gasteiger partial charge in [-0.25, -0.2) is 4.39 Å². The Morgan fingerprint density at radius 1 is 1.44 bits per heavy atom. The highest BCUT2D eigenvalue weighted by Gasteiger charge is 2.12. The Morgan fingerprint density at radius 3 is 2.69 bits per heavy atom. The van der Waals surface area contributed by atoms with Crippen molar-refractivity contribution in [3.05, 3.63) is 34.1 Å². The van der Waals surface area contributed by atoms with Crippen molar-refractivity contribution in [2.24, 2.45) is 5.92 Å². The molecule has 2 N–H and O–H groups in total. The van der Waals surface area contributed by atoms with Crippen LogP contribution in [0.1, 0.15) is 19.4 Å². The standard InChI is InChI=1S/C12H17BrFNO/c1-8(2)12(7-16)15-6-9-5-10(14)3-4-11(9)13/h3-5,8,12,15-16H,6-7H2,1-2H3. The van der Waals surface area contributed by atoms with Crippen molar-refractivity contribution in [3.8, 4) is 0 Å². The first-order valence-corrected chi connectivity index (χ1v) is 6.12. The molecule has 90 valence electrons. The number of aliphatic hydroxyl groups excluding tert-OH is 1. The van der Waals surface area contributed by atoms with Gasteiger partial charge < -0.3 is 10.4 Å². The van der Waals surface area contributed by atoms with Crippen molar-refractivity contribution in [1.29, 1.82) is 0 Å². The molecule has 1 aromatic rings. The summed E-state index contributed by atoms with van der Waals surface area (Å²) < 4.78 is 13.9. The summed E-state index contributed by atoms with van der Waals surface area (Å²) in [6.07, 6.45) is 0. The molecule has 0 aliphatic rings. The Balaban J connectivity index is 2.63. The second-order valence-corrected chi connectivity index (χ2v) is 5.00. The molecule has 1 unspecified atom stereocenters. The summed E-state index contributed by atoms with van der Waals surface area (Å²) in [5.41, 5.74) is 0.860. The average molecular weight is 290 g/mol. The number of halogens is 2. The Morgan fingerprint density at radius 2 is 2.12 bits per heavy atom. The van der Waals surface area contributed by atoms with Crippen LogP contribution < -0.4 is 5.32 Å². The monoisotopic (exact) mass is 289 g/mol. The first-order valence-electron chi connectivity index (χ1n) is 5.32. The molecule has 0 bridgehead atoms. The maximum absolute atomic E-state index is 13.0. The Hall–Kier alpha value is -0.450. The van der Waals surface area contributed by atoms with Gasteiger partial charge in [-0.1, -0.05) is 29.8 Å². The number of hydrogen-bond acceptors (Lipinski definition) is 2. The Bertz CT molecular complexity index is 344. The van der Waals surface area contributed by atoms with Crippen molar-refractivity contribution in [2.45, 2.75) is 26.4 Å². The molecule has 0 aromatic heterocycles. The van der Waals surface area contributed by atoms with Crippen LogP contribution in [-0.2, 0) is 6.54 Å². The van der Waals surface area contributed by atoms with E-state index in [0.29, 0.717) is 12.5 Å². The van der Waals surface area contributed by atoms with Gasteiger partial charge in [0.05, 0.1) is 6.61 Å². The molecule has 1 rings (SSSR count). The van der Waals surface area contributed by atoms with Gasteiger partial charge in [0, 0.05) is 17.1 Å². The summed E-state index contributed by atoms with van der Waals surface area (Å²) in [7, 11) is 0. The molecule has 0 fully saturated rings. The van der Waals surface area contributed by atoms with Crippen molar-refractivity contribution < 1.29 is 9.50 Å². The molecule has 0 aliphatic heterocycles. The molecule has 0 saturated heterocycles. The summed E-state index contributed by atoms with van der Waals surface area (Å²) in [6.45, 7) is 4.70. The number of nitrogens with one attached hydrogen (secondary N) is 1. The Kier molecular flexibility index (Phi) is 5.38. The molecule has 16 heavy (non-hydrogen) atoms. The van der Waals surface area contributed by atoms with Crippen molar-refractivity contribution >= 4 is 15.9 Å². The molecular weight excluding hydrogens is 273 g/mol. The summed E-state index contributed by atoms with van der Waals surface area (Å²) in [5.74, 6) is 0.0995. The van der Waals surface area contributed by atoms with Crippen LogP contribution >= 0.6 is 15.9 Å². The fourth-order valence-electron chi connectivity index (χ4n) is 1.43. The van der Waals surface area contributed by atoms with Gasteiger partial charge in [-0.3, -0.25) is 0 Å². The van der Waals surface area contributed by atoms with E-state index in [4.69, 9.17) is 5.11 Å². The average Bonchev–Trinajstić information content (AvgIpc) is 2.23. The molecule has 1 aromatic carbocycles. The lowest BCUT2D eigenvalue weighted by Gasteiger charge is -2.20. The van der Waals surface area contributed by atoms with Crippen molar-refractivity contribution in [1.82, 2.24) is 5.32 Å². The first kappa shape index (κ1) is 13.6. The van der Waals surface area contributed by atoms with Crippen molar-refractivity contribution in [2.75, 3.05) is 6.61 Å². The Labute approximate surface area is 104 Å². The quantitative estimate of drug-likeness (QED) is 0.874. The smallest absolute Gasteiger partial charge is 0.123 e. The summed E-state index contributed by atoms with van der Waals surface area (Å²) >= 11 is 3.37. The predicted octanol–water partition coefficient (Wildman–Crippen LogP) is 2.69. The maximum atomic E-state index is 13.0. The molecule has 0 radical (unpaired) electrons. The van der Waals surface area contributed by atoms with E-state index >= 15 is 0 Å². The van der Waals surface area contributed by atoms with E-state index in [-0.39, 0.29) is 18.5 Å². The SMILES string of the molecule is CC(C)C(CO)NCc1cc(F)ccc1Br. The zero-order chi connectivity index (χ0) is 12.1. The minimum Gasteiger partial charge on any atom is -0.395 e. The third kappa shape index (κ3) is 3.85. The second-order valence-electron chi connectivity index (χ2n) is 4.15. The normalized spacial score (nSPS) is 13.1. The summed E-state index contributed by atoms with van der Waals surface area (Å²) in [6, 6.07) is 4.64. The minimum absolute atomic E-state index is 0.0372.